The third-order valence-corrected chi connectivity index (χ3v) is 8.62. The van der Waals surface area contributed by atoms with E-state index in [1.807, 2.05) is 32.0 Å². The molecule has 4 saturated carbocycles. The maximum Gasteiger partial charge on any atom is 0.226 e. The minimum Gasteiger partial charge on any atom is -0.490 e. The first-order valence-electron chi connectivity index (χ1n) is 13.1. The Morgan fingerprint density at radius 1 is 0.971 bits per heavy atom. The summed E-state index contributed by atoms with van der Waals surface area (Å²) in [6.45, 7) is 9.36. The second-order valence-electron chi connectivity index (χ2n) is 11.2. The molecule has 0 heterocycles. The molecular formula is C30H39NO3. The standard InChI is InChI=1S/C30H39NO3/c1-5-33-26-12-9-24(14-27(26)34-6-2)21(4)31-28(32)30-17-22-13-23(18-30)16-29(15-22,19-30)25-10-7-20(3)8-11-25/h7-12,14,21-23H,5-6,13,15-19H2,1-4H3,(H,31,32)/t21-,22+,23+,29?,30?/m0/s1. The van der Waals surface area contributed by atoms with E-state index in [2.05, 4.69) is 43.4 Å². The topological polar surface area (TPSA) is 47.6 Å². The molecule has 0 aliphatic heterocycles. The highest BCUT2D eigenvalue weighted by atomic mass is 16.5. The highest BCUT2D eigenvalue weighted by Crippen LogP contribution is 2.65. The predicted octanol–water partition coefficient (Wildman–Crippen LogP) is 6.51. The van der Waals surface area contributed by atoms with E-state index < -0.39 is 0 Å². The number of nitrogens with one attached hydrogen (secondary N) is 1. The van der Waals surface area contributed by atoms with E-state index in [0.29, 0.717) is 25.0 Å². The Kier molecular flexibility index (Phi) is 6.12. The molecule has 4 bridgehead atoms. The molecule has 4 heteroatoms. The molecule has 2 aromatic rings. The number of ether oxygens (including phenoxy) is 2. The largest absolute Gasteiger partial charge is 0.490 e. The van der Waals surface area contributed by atoms with Crippen LogP contribution in [0.15, 0.2) is 42.5 Å². The summed E-state index contributed by atoms with van der Waals surface area (Å²) in [7, 11) is 0. The van der Waals surface area contributed by atoms with Crippen molar-refractivity contribution >= 4 is 5.91 Å². The molecule has 4 nitrogen and oxygen atoms in total. The Morgan fingerprint density at radius 2 is 1.62 bits per heavy atom. The van der Waals surface area contributed by atoms with Gasteiger partial charge in [0.15, 0.2) is 11.5 Å². The first kappa shape index (κ1) is 23.3. The molecule has 4 aliphatic carbocycles. The average molecular weight is 462 g/mol. The lowest BCUT2D eigenvalue weighted by Crippen LogP contribution is -2.59. The van der Waals surface area contributed by atoms with Crippen LogP contribution in [0.4, 0.5) is 0 Å². The highest BCUT2D eigenvalue weighted by Gasteiger charge is 2.61. The van der Waals surface area contributed by atoms with Gasteiger partial charge in [-0.1, -0.05) is 35.9 Å². The molecular weight excluding hydrogens is 422 g/mol. The molecule has 0 radical (unpaired) electrons. The number of amides is 1. The number of hydrogen-bond acceptors (Lipinski definition) is 3. The molecule has 182 valence electrons. The van der Waals surface area contributed by atoms with Crippen LogP contribution in [-0.2, 0) is 10.2 Å². The van der Waals surface area contributed by atoms with E-state index in [-0.39, 0.29) is 22.8 Å². The molecule has 1 N–H and O–H groups in total. The summed E-state index contributed by atoms with van der Waals surface area (Å²) in [6.07, 6.45) is 6.87. The molecule has 34 heavy (non-hydrogen) atoms. The predicted molar refractivity (Wildman–Crippen MR) is 135 cm³/mol. The van der Waals surface area contributed by atoms with Crippen molar-refractivity contribution < 1.29 is 14.3 Å². The monoisotopic (exact) mass is 461 g/mol. The normalized spacial score (nSPS) is 30.1. The van der Waals surface area contributed by atoms with E-state index in [4.69, 9.17) is 9.47 Å². The summed E-state index contributed by atoms with van der Waals surface area (Å²) in [6, 6.07) is 15.1. The Hall–Kier alpha value is -2.49. The summed E-state index contributed by atoms with van der Waals surface area (Å²) in [4.78, 5) is 13.9. The van der Waals surface area contributed by atoms with Gasteiger partial charge in [0.2, 0.25) is 5.91 Å². The van der Waals surface area contributed by atoms with Crippen LogP contribution < -0.4 is 14.8 Å². The summed E-state index contributed by atoms with van der Waals surface area (Å²) in [5, 5.41) is 3.42. The number of rotatable bonds is 8. The van der Waals surface area contributed by atoms with Crippen LogP contribution in [0.1, 0.15) is 82.0 Å². The van der Waals surface area contributed by atoms with E-state index in [0.717, 1.165) is 36.3 Å². The fourth-order valence-corrected chi connectivity index (χ4v) is 7.54. The van der Waals surface area contributed by atoms with Crippen molar-refractivity contribution in [2.24, 2.45) is 17.3 Å². The zero-order valence-corrected chi connectivity index (χ0v) is 21.2. The van der Waals surface area contributed by atoms with Crippen molar-refractivity contribution in [1.82, 2.24) is 5.32 Å². The van der Waals surface area contributed by atoms with Crippen molar-refractivity contribution in [2.45, 2.75) is 77.7 Å². The Bertz CT molecular complexity index is 1030. The van der Waals surface area contributed by atoms with Crippen LogP contribution in [0.25, 0.3) is 0 Å². The molecule has 2 aromatic carbocycles. The van der Waals surface area contributed by atoms with Crippen molar-refractivity contribution in [3.8, 4) is 11.5 Å². The molecule has 0 aromatic heterocycles. The van der Waals surface area contributed by atoms with Crippen molar-refractivity contribution in [1.29, 1.82) is 0 Å². The van der Waals surface area contributed by atoms with Gasteiger partial charge < -0.3 is 14.8 Å². The van der Waals surface area contributed by atoms with E-state index in [9.17, 15) is 4.79 Å². The Balaban J connectivity index is 1.37. The van der Waals surface area contributed by atoms with Gasteiger partial charge in [0.05, 0.1) is 24.7 Å². The number of benzene rings is 2. The second-order valence-corrected chi connectivity index (χ2v) is 11.2. The maximum atomic E-state index is 13.9. The lowest BCUT2D eigenvalue weighted by atomic mass is 9.42. The van der Waals surface area contributed by atoms with Crippen molar-refractivity contribution in [3.05, 3.63) is 59.2 Å². The summed E-state index contributed by atoms with van der Waals surface area (Å²) in [5.41, 5.74) is 3.73. The van der Waals surface area contributed by atoms with E-state index >= 15 is 0 Å². The highest BCUT2D eigenvalue weighted by molar-refractivity contribution is 5.84. The van der Waals surface area contributed by atoms with Gasteiger partial charge in [-0.05, 0) is 107 Å². The zero-order chi connectivity index (χ0) is 23.9. The average Bonchev–Trinajstić information content (AvgIpc) is 2.80. The van der Waals surface area contributed by atoms with Crippen molar-refractivity contribution in [3.63, 3.8) is 0 Å². The fourth-order valence-electron chi connectivity index (χ4n) is 7.54. The lowest BCUT2D eigenvalue weighted by Gasteiger charge is -2.61. The maximum absolute atomic E-state index is 13.9. The summed E-state index contributed by atoms with van der Waals surface area (Å²) in [5.74, 6) is 3.08. The Morgan fingerprint density at radius 3 is 2.26 bits per heavy atom. The molecule has 4 aliphatic rings. The van der Waals surface area contributed by atoms with Gasteiger partial charge in [-0.3, -0.25) is 4.79 Å². The minimum absolute atomic E-state index is 0.0780. The molecule has 0 saturated heterocycles. The van der Waals surface area contributed by atoms with Gasteiger partial charge in [0, 0.05) is 0 Å². The first-order valence-corrected chi connectivity index (χ1v) is 13.1. The fraction of sp³-hybridized carbons (Fsp3) is 0.567. The number of carbonyl (C=O) groups excluding carboxylic acids is 1. The SMILES string of the molecule is CCOc1ccc([C@H](C)NC(=O)C23C[C@@H]4C[C@@H](C2)CC(c2ccc(C)cc2)(C4)C3)cc1OCC. The Labute approximate surface area is 204 Å². The van der Waals surface area contributed by atoms with Crippen LogP contribution in [0.2, 0.25) is 0 Å². The molecule has 4 fully saturated rings. The van der Waals surface area contributed by atoms with E-state index in [1.165, 1.54) is 30.4 Å². The lowest BCUT2D eigenvalue weighted by molar-refractivity contribution is -0.149. The summed E-state index contributed by atoms with van der Waals surface area (Å²) >= 11 is 0. The summed E-state index contributed by atoms with van der Waals surface area (Å²) < 4.78 is 11.5. The van der Waals surface area contributed by atoms with Gasteiger partial charge in [-0.2, -0.15) is 0 Å². The van der Waals surface area contributed by atoms with Crippen LogP contribution in [-0.4, -0.2) is 19.1 Å². The van der Waals surface area contributed by atoms with Gasteiger partial charge in [0.25, 0.3) is 0 Å². The number of hydrogen-bond donors (Lipinski definition) is 1. The van der Waals surface area contributed by atoms with E-state index in [1.54, 1.807) is 0 Å². The van der Waals surface area contributed by atoms with Crippen LogP contribution in [0, 0.1) is 24.2 Å². The van der Waals surface area contributed by atoms with Crippen LogP contribution in [0.3, 0.4) is 0 Å². The number of aryl methyl sites for hydroxylation is 1. The van der Waals surface area contributed by atoms with Gasteiger partial charge >= 0.3 is 0 Å². The van der Waals surface area contributed by atoms with Gasteiger partial charge in [0.1, 0.15) is 0 Å². The molecule has 0 spiro atoms. The molecule has 0 unspecified atom stereocenters. The molecule has 1 amide bonds. The van der Waals surface area contributed by atoms with Gasteiger partial charge in [-0.25, -0.2) is 0 Å². The molecule has 6 rings (SSSR count). The number of carbonyl (C=O) groups is 1. The third-order valence-electron chi connectivity index (χ3n) is 8.62. The smallest absolute Gasteiger partial charge is 0.226 e. The first-order chi connectivity index (χ1) is 16.4. The quantitative estimate of drug-likeness (QED) is 0.488. The third kappa shape index (κ3) is 4.10. The van der Waals surface area contributed by atoms with Crippen LogP contribution >= 0.6 is 0 Å². The van der Waals surface area contributed by atoms with Crippen molar-refractivity contribution in [2.75, 3.05) is 13.2 Å². The van der Waals surface area contributed by atoms with Gasteiger partial charge in [-0.15, -0.1) is 0 Å². The minimum atomic E-state index is -0.239. The second kappa shape index (κ2) is 8.94. The van der Waals surface area contributed by atoms with Crippen LogP contribution in [0.5, 0.6) is 11.5 Å². The zero-order valence-electron chi connectivity index (χ0n) is 21.2. The molecule has 3 atom stereocenters.